The number of fused-ring (bicyclic) bond motifs is 1. The number of amides is 1. The zero-order valence-corrected chi connectivity index (χ0v) is 19.2. The van der Waals surface area contributed by atoms with Gasteiger partial charge in [-0.2, -0.15) is 0 Å². The Hall–Kier alpha value is -4.17. The van der Waals surface area contributed by atoms with E-state index in [2.05, 4.69) is 4.98 Å². The molecule has 1 saturated heterocycles. The number of aliphatic hydroxyl groups is 1. The van der Waals surface area contributed by atoms with Gasteiger partial charge in [-0.15, -0.1) is 0 Å². The Labute approximate surface area is 199 Å². The van der Waals surface area contributed by atoms with Gasteiger partial charge in [0.05, 0.1) is 28.9 Å². The number of ketones is 1. The number of hydrogen-bond donors (Lipinski definition) is 2. The topological polar surface area (TPSA) is 100.0 Å². The fourth-order valence-corrected chi connectivity index (χ4v) is 5.18. The van der Waals surface area contributed by atoms with Crippen LogP contribution in [-0.2, 0) is 9.59 Å². The summed E-state index contributed by atoms with van der Waals surface area (Å²) in [5.74, 6) is -1.49. The maximum absolute atomic E-state index is 13.3. The van der Waals surface area contributed by atoms with E-state index in [9.17, 15) is 19.8 Å². The fraction of sp³-hybridized carbons (Fsp3) is 0.115. The van der Waals surface area contributed by atoms with Crippen LogP contribution in [0.5, 0.6) is 11.5 Å². The second-order valence-corrected chi connectivity index (χ2v) is 8.97. The van der Waals surface area contributed by atoms with Crippen molar-refractivity contribution in [2.24, 2.45) is 0 Å². The van der Waals surface area contributed by atoms with E-state index >= 15 is 0 Å². The van der Waals surface area contributed by atoms with Crippen molar-refractivity contribution in [3.8, 4) is 11.5 Å². The number of thiazole rings is 1. The minimum atomic E-state index is -0.972. The third kappa shape index (κ3) is 3.58. The molecule has 1 aromatic heterocycles. The number of carbonyl (C=O) groups excluding carboxylic acids is 2. The number of Topliss-reactive ketones (excluding diaryl/α,β-unsaturated/α-hetero) is 1. The fourth-order valence-electron chi connectivity index (χ4n) is 4.09. The number of rotatable bonds is 4. The van der Waals surface area contributed by atoms with E-state index in [0.717, 1.165) is 10.3 Å². The number of nitrogens with zero attached hydrogens (tertiary/aromatic N) is 2. The highest BCUT2D eigenvalue weighted by Gasteiger charge is 2.48. The second-order valence-electron chi connectivity index (χ2n) is 7.96. The molecule has 0 saturated carbocycles. The maximum atomic E-state index is 13.3. The van der Waals surface area contributed by atoms with Crippen molar-refractivity contribution in [1.29, 1.82) is 0 Å². The van der Waals surface area contributed by atoms with E-state index in [-0.39, 0.29) is 17.1 Å². The Morgan fingerprint density at radius 3 is 2.62 bits per heavy atom. The SMILES string of the molecule is COc1cccc(C(O)=C2C(=O)C(=O)N(c3nc4ccc(C)cc4s3)[C@@H]2c2cccc(O)c2)c1. The standard InChI is InChI=1S/C26H20N2O5S/c1-14-9-10-19-20(11-14)34-26(27-19)28-22(15-5-3-7-17(29)12-15)21(24(31)25(28)32)23(30)16-6-4-8-18(13-16)33-2/h3-13,22,29-30H,1-2H3/t22-/m1/s1. The molecule has 1 atom stereocenters. The van der Waals surface area contributed by atoms with E-state index in [0.29, 0.717) is 27.5 Å². The number of anilines is 1. The zero-order valence-electron chi connectivity index (χ0n) is 18.4. The number of phenolic OH excluding ortho intramolecular Hbond substituents is 1. The average Bonchev–Trinajstić information content (AvgIpc) is 3.36. The molecule has 4 aromatic rings. The number of ether oxygens (including phenoxy) is 1. The minimum absolute atomic E-state index is 0.0237. The molecule has 0 bridgehead atoms. The van der Waals surface area contributed by atoms with Gasteiger partial charge in [0.25, 0.3) is 5.78 Å². The van der Waals surface area contributed by atoms with Crippen molar-refractivity contribution in [2.75, 3.05) is 12.0 Å². The molecule has 7 nitrogen and oxygen atoms in total. The molecule has 5 rings (SSSR count). The second kappa shape index (κ2) is 8.31. The molecule has 0 aliphatic carbocycles. The average molecular weight is 473 g/mol. The number of carbonyl (C=O) groups is 2. The molecule has 1 amide bonds. The number of phenols is 1. The van der Waals surface area contributed by atoms with E-state index < -0.39 is 17.7 Å². The number of aromatic hydroxyl groups is 1. The monoisotopic (exact) mass is 472 g/mol. The van der Waals surface area contributed by atoms with Crippen LogP contribution in [0.3, 0.4) is 0 Å². The predicted molar refractivity (Wildman–Crippen MR) is 130 cm³/mol. The van der Waals surface area contributed by atoms with Gasteiger partial charge in [0.15, 0.2) is 5.13 Å². The summed E-state index contributed by atoms with van der Waals surface area (Å²) in [6.45, 7) is 1.96. The van der Waals surface area contributed by atoms with E-state index in [1.807, 2.05) is 25.1 Å². The van der Waals surface area contributed by atoms with Gasteiger partial charge in [-0.05, 0) is 54.4 Å². The summed E-state index contributed by atoms with van der Waals surface area (Å²) in [4.78, 5) is 32.5. The van der Waals surface area contributed by atoms with E-state index in [1.165, 1.54) is 35.5 Å². The van der Waals surface area contributed by atoms with Crippen LogP contribution < -0.4 is 9.64 Å². The summed E-state index contributed by atoms with van der Waals surface area (Å²) >= 11 is 1.29. The predicted octanol–water partition coefficient (Wildman–Crippen LogP) is 4.95. The molecule has 2 N–H and O–H groups in total. The van der Waals surface area contributed by atoms with Gasteiger partial charge in [0.1, 0.15) is 17.3 Å². The van der Waals surface area contributed by atoms with Crippen LogP contribution in [0.15, 0.2) is 72.3 Å². The molecular formula is C26H20N2O5S. The van der Waals surface area contributed by atoms with Crippen molar-refractivity contribution in [2.45, 2.75) is 13.0 Å². The largest absolute Gasteiger partial charge is 0.508 e. The van der Waals surface area contributed by atoms with Gasteiger partial charge in [0.2, 0.25) is 0 Å². The van der Waals surface area contributed by atoms with Crippen molar-refractivity contribution in [3.05, 3.63) is 89.0 Å². The lowest BCUT2D eigenvalue weighted by Gasteiger charge is -2.23. The Morgan fingerprint density at radius 1 is 1.06 bits per heavy atom. The van der Waals surface area contributed by atoms with E-state index in [4.69, 9.17) is 4.74 Å². The Kier molecular flexibility index (Phi) is 5.30. The molecule has 0 unspecified atom stereocenters. The first-order chi connectivity index (χ1) is 16.4. The molecule has 2 heterocycles. The molecule has 1 aliphatic heterocycles. The van der Waals surface area contributed by atoms with Gasteiger partial charge < -0.3 is 14.9 Å². The number of aliphatic hydroxyl groups excluding tert-OH is 1. The van der Waals surface area contributed by atoms with E-state index in [1.54, 1.807) is 36.4 Å². The van der Waals surface area contributed by atoms with Gasteiger partial charge >= 0.3 is 5.91 Å². The van der Waals surface area contributed by atoms with Gasteiger partial charge in [-0.3, -0.25) is 14.5 Å². The summed E-state index contributed by atoms with van der Waals surface area (Å²) in [7, 11) is 1.50. The lowest BCUT2D eigenvalue weighted by Crippen LogP contribution is -2.29. The minimum Gasteiger partial charge on any atom is -0.508 e. The van der Waals surface area contributed by atoms with Crippen molar-refractivity contribution >= 4 is 44.1 Å². The molecule has 3 aromatic carbocycles. The van der Waals surface area contributed by atoms with Crippen LogP contribution in [-0.4, -0.2) is 34.0 Å². The van der Waals surface area contributed by atoms with Crippen LogP contribution in [0.2, 0.25) is 0 Å². The summed E-state index contributed by atoms with van der Waals surface area (Å²) in [5, 5.41) is 21.7. The summed E-state index contributed by atoms with van der Waals surface area (Å²) in [6, 6.07) is 17.7. The summed E-state index contributed by atoms with van der Waals surface area (Å²) in [5.41, 5.74) is 2.48. The highest BCUT2D eigenvalue weighted by Crippen LogP contribution is 2.45. The summed E-state index contributed by atoms with van der Waals surface area (Å²) in [6.07, 6.45) is 0. The van der Waals surface area contributed by atoms with Crippen LogP contribution in [0.25, 0.3) is 16.0 Å². The first-order valence-corrected chi connectivity index (χ1v) is 11.3. The molecule has 170 valence electrons. The molecule has 0 radical (unpaired) electrons. The number of aromatic nitrogens is 1. The van der Waals surface area contributed by atoms with Crippen molar-refractivity contribution in [1.82, 2.24) is 4.98 Å². The number of benzene rings is 3. The van der Waals surface area contributed by atoms with Crippen LogP contribution in [0.4, 0.5) is 5.13 Å². The highest BCUT2D eigenvalue weighted by molar-refractivity contribution is 7.22. The molecule has 1 aliphatic rings. The lowest BCUT2D eigenvalue weighted by atomic mass is 9.95. The number of methoxy groups -OCH3 is 1. The molecular weight excluding hydrogens is 452 g/mol. The Bertz CT molecular complexity index is 1490. The summed E-state index contributed by atoms with van der Waals surface area (Å²) < 4.78 is 6.11. The molecule has 34 heavy (non-hydrogen) atoms. The zero-order chi connectivity index (χ0) is 24.0. The number of hydrogen-bond acceptors (Lipinski definition) is 7. The smallest absolute Gasteiger partial charge is 0.301 e. The highest BCUT2D eigenvalue weighted by atomic mass is 32.1. The Morgan fingerprint density at radius 2 is 1.85 bits per heavy atom. The number of aryl methyl sites for hydroxylation is 1. The van der Waals surface area contributed by atoms with Crippen molar-refractivity contribution < 1.29 is 24.5 Å². The lowest BCUT2D eigenvalue weighted by molar-refractivity contribution is -0.132. The molecule has 8 heteroatoms. The van der Waals surface area contributed by atoms with Crippen LogP contribution in [0.1, 0.15) is 22.7 Å². The molecule has 0 spiro atoms. The third-order valence-corrected chi connectivity index (χ3v) is 6.73. The quantitative estimate of drug-likeness (QED) is 0.248. The van der Waals surface area contributed by atoms with Gasteiger partial charge in [-0.25, -0.2) is 4.98 Å². The normalized spacial score (nSPS) is 17.5. The van der Waals surface area contributed by atoms with Gasteiger partial charge in [0, 0.05) is 5.56 Å². The first kappa shape index (κ1) is 21.7. The Balaban J connectivity index is 1.74. The van der Waals surface area contributed by atoms with Crippen LogP contribution in [0, 0.1) is 6.92 Å². The van der Waals surface area contributed by atoms with Crippen molar-refractivity contribution in [3.63, 3.8) is 0 Å². The maximum Gasteiger partial charge on any atom is 0.301 e. The first-order valence-electron chi connectivity index (χ1n) is 10.5. The van der Waals surface area contributed by atoms with Crippen LogP contribution >= 0.6 is 11.3 Å². The third-order valence-electron chi connectivity index (χ3n) is 5.71. The van der Waals surface area contributed by atoms with Gasteiger partial charge in [-0.1, -0.05) is 41.7 Å². The molecule has 1 fully saturated rings.